The summed E-state index contributed by atoms with van der Waals surface area (Å²) in [5, 5.41) is 19.2. The summed E-state index contributed by atoms with van der Waals surface area (Å²) < 4.78 is 9.90. The molecule has 0 saturated carbocycles. The van der Waals surface area contributed by atoms with Crippen molar-refractivity contribution < 1.29 is 19.4 Å². The van der Waals surface area contributed by atoms with Crippen LogP contribution in [-0.4, -0.2) is 29.7 Å². The maximum atomic E-state index is 11.2. The number of amidine groups is 1. The number of ether oxygens (including phenoxy) is 2. The van der Waals surface area contributed by atoms with Crippen LogP contribution in [0.25, 0.3) is 0 Å². The molecule has 1 aliphatic heterocycles. The highest BCUT2D eigenvalue weighted by Gasteiger charge is 2.26. The van der Waals surface area contributed by atoms with Crippen LogP contribution >= 0.6 is 0 Å². The molecule has 0 fully saturated rings. The number of hydrogen-bond donors (Lipinski definition) is 4. The Morgan fingerprint density at radius 1 is 1.42 bits per heavy atom. The molecule has 1 aromatic rings. The van der Waals surface area contributed by atoms with Gasteiger partial charge in [0.1, 0.15) is 12.1 Å². The molecular weight excluding hydrogens is 250 g/mol. The number of anilines is 1. The fourth-order valence-corrected chi connectivity index (χ4v) is 1.57. The van der Waals surface area contributed by atoms with E-state index >= 15 is 0 Å². The number of hydrogen-bond acceptors (Lipinski definition) is 5. The zero-order valence-electron chi connectivity index (χ0n) is 9.92. The van der Waals surface area contributed by atoms with Crippen LogP contribution in [0.1, 0.15) is 5.56 Å². The lowest BCUT2D eigenvalue weighted by Crippen LogP contribution is -2.31. The third-order valence-corrected chi connectivity index (χ3v) is 2.53. The van der Waals surface area contributed by atoms with Gasteiger partial charge in [-0.1, -0.05) is 0 Å². The van der Waals surface area contributed by atoms with Crippen molar-refractivity contribution in [1.82, 2.24) is 0 Å². The SMILES string of the molecule is N=C(N)c1ccc(NC(C(=O)O)C2=COCO2)cc1. The number of nitrogens with two attached hydrogens (primary N) is 1. The van der Waals surface area contributed by atoms with Gasteiger partial charge < -0.3 is 25.6 Å². The largest absolute Gasteiger partial charge is 0.479 e. The van der Waals surface area contributed by atoms with E-state index in [0.717, 1.165) is 0 Å². The summed E-state index contributed by atoms with van der Waals surface area (Å²) in [4.78, 5) is 11.2. The summed E-state index contributed by atoms with van der Waals surface area (Å²) >= 11 is 0. The van der Waals surface area contributed by atoms with Gasteiger partial charge in [-0.2, -0.15) is 0 Å². The van der Waals surface area contributed by atoms with Crippen LogP contribution in [0.3, 0.4) is 0 Å². The molecule has 1 aromatic carbocycles. The lowest BCUT2D eigenvalue weighted by Gasteiger charge is -2.15. The van der Waals surface area contributed by atoms with Crippen LogP contribution in [0.15, 0.2) is 36.3 Å². The van der Waals surface area contributed by atoms with Crippen molar-refractivity contribution in [1.29, 1.82) is 5.41 Å². The van der Waals surface area contributed by atoms with Crippen molar-refractivity contribution in [3.63, 3.8) is 0 Å². The molecule has 7 nitrogen and oxygen atoms in total. The van der Waals surface area contributed by atoms with Gasteiger partial charge in [0.05, 0.1) is 0 Å². The highest BCUT2D eigenvalue weighted by atomic mass is 16.7. The highest BCUT2D eigenvalue weighted by Crippen LogP contribution is 2.17. The Kier molecular flexibility index (Phi) is 3.56. The molecule has 100 valence electrons. The Balaban J connectivity index is 2.13. The molecule has 1 atom stereocenters. The number of carboxylic acids is 1. The number of carbonyl (C=O) groups is 1. The summed E-state index contributed by atoms with van der Waals surface area (Å²) in [6.07, 6.45) is 1.27. The normalized spacial score (nSPS) is 14.8. The summed E-state index contributed by atoms with van der Waals surface area (Å²) in [6, 6.07) is 5.52. The third kappa shape index (κ3) is 2.95. The molecule has 1 heterocycles. The van der Waals surface area contributed by atoms with E-state index in [1.165, 1.54) is 6.26 Å². The number of rotatable bonds is 5. The average molecular weight is 263 g/mol. The molecule has 1 aliphatic rings. The first-order chi connectivity index (χ1) is 9.08. The van der Waals surface area contributed by atoms with Crippen LogP contribution in [0, 0.1) is 5.41 Å². The summed E-state index contributed by atoms with van der Waals surface area (Å²) in [5.41, 5.74) is 6.48. The lowest BCUT2D eigenvalue weighted by molar-refractivity contribution is -0.137. The lowest BCUT2D eigenvalue weighted by atomic mass is 10.1. The molecule has 5 N–H and O–H groups in total. The van der Waals surface area contributed by atoms with Gasteiger partial charge in [0.25, 0.3) is 0 Å². The average Bonchev–Trinajstić information content (AvgIpc) is 2.89. The van der Waals surface area contributed by atoms with Crippen molar-refractivity contribution in [2.75, 3.05) is 12.1 Å². The molecule has 0 spiro atoms. The Labute approximate surface area is 109 Å². The van der Waals surface area contributed by atoms with E-state index in [9.17, 15) is 4.79 Å². The van der Waals surface area contributed by atoms with Gasteiger partial charge in [-0.25, -0.2) is 4.79 Å². The van der Waals surface area contributed by atoms with Crippen molar-refractivity contribution in [3.05, 3.63) is 41.9 Å². The van der Waals surface area contributed by atoms with E-state index in [4.69, 9.17) is 25.7 Å². The van der Waals surface area contributed by atoms with Gasteiger partial charge in [-0.15, -0.1) is 0 Å². The highest BCUT2D eigenvalue weighted by molar-refractivity contribution is 5.95. The maximum Gasteiger partial charge on any atom is 0.334 e. The summed E-state index contributed by atoms with van der Waals surface area (Å²) in [5.74, 6) is -0.910. The van der Waals surface area contributed by atoms with Crippen LogP contribution in [0.4, 0.5) is 5.69 Å². The number of nitrogen functional groups attached to an aromatic ring is 1. The van der Waals surface area contributed by atoms with Gasteiger partial charge in [0.2, 0.25) is 6.79 Å². The van der Waals surface area contributed by atoms with E-state index in [1.807, 2.05) is 0 Å². The monoisotopic (exact) mass is 263 g/mol. The summed E-state index contributed by atoms with van der Waals surface area (Å²) in [7, 11) is 0. The molecule has 0 radical (unpaired) electrons. The van der Waals surface area contributed by atoms with Crippen LogP contribution in [0.5, 0.6) is 0 Å². The molecule has 0 aliphatic carbocycles. The second-order valence-corrected chi connectivity index (χ2v) is 3.86. The number of aliphatic carboxylic acids is 1. The van der Waals surface area contributed by atoms with Crippen molar-refractivity contribution >= 4 is 17.5 Å². The molecular formula is C12H13N3O4. The summed E-state index contributed by atoms with van der Waals surface area (Å²) in [6.45, 7) is 0.0179. The molecule has 2 rings (SSSR count). The van der Waals surface area contributed by atoms with Crippen LogP contribution < -0.4 is 11.1 Å². The van der Waals surface area contributed by atoms with Gasteiger partial charge in [0.15, 0.2) is 11.8 Å². The molecule has 0 bridgehead atoms. The fourth-order valence-electron chi connectivity index (χ4n) is 1.57. The molecule has 0 aromatic heterocycles. The van der Waals surface area contributed by atoms with Gasteiger partial charge in [-0.3, -0.25) is 5.41 Å². The third-order valence-electron chi connectivity index (χ3n) is 2.53. The number of carboxylic acid groups (broad SMARTS) is 1. The second-order valence-electron chi connectivity index (χ2n) is 3.86. The van der Waals surface area contributed by atoms with Crippen molar-refractivity contribution in [2.24, 2.45) is 5.73 Å². The van der Waals surface area contributed by atoms with E-state index in [0.29, 0.717) is 11.3 Å². The first-order valence-corrected chi connectivity index (χ1v) is 5.46. The van der Waals surface area contributed by atoms with E-state index < -0.39 is 12.0 Å². The Morgan fingerprint density at radius 3 is 2.58 bits per heavy atom. The fraction of sp³-hybridized carbons (Fsp3) is 0.167. The maximum absolute atomic E-state index is 11.2. The standard InChI is InChI=1S/C12H13N3O4/c13-11(14)7-1-3-8(4-2-7)15-10(12(16)17)9-5-18-6-19-9/h1-5,10,15H,6H2,(H3,13,14)(H,16,17). The smallest absolute Gasteiger partial charge is 0.334 e. The van der Waals surface area contributed by atoms with E-state index in [2.05, 4.69) is 5.32 Å². The van der Waals surface area contributed by atoms with Crippen LogP contribution in [-0.2, 0) is 14.3 Å². The minimum atomic E-state index is -1.08. The Hall–Kier alpha value is -2.70. The second kappa shape index (κ2) is 5.30. The van der Waals surface area contributed by atoms with E-state index in [-0.39, 0.29) is 18.4 Å². The zero-order valence-corrected chi connectivity index (χ0v) is 9.92. The minimum Gasteiger partial charge on any atom is -0.479 e. The van der Waals surface area contributed by atoms with Gasteiger partial charge >= 0.3 is 5.97 Å². The Morgan fingerprint density at radius 2 is 2.11 bits per heavy atom. The van der Waals surface area contributed by atoms with Gasteiger partial charge in [-0.05, 0) is 24.3 Å². The molecule has 0 amide bonds. The van der Waals surface area contributed by atoms with E-state index in [1.54, 1.807) is 24.3 Å². The Bertz CT molecular complexity index is 524. The number of nitrogens with one attached hydrogen (secondary N) is 2. The van der Waals surface area contributed by atoms with Gasteiger partial charge in [0, 0.05) is 11.3 Å². The first kappa shape index (κ1) is 12.7. The van der Waals surface area contributed by atoms with Crippen molar-refractivity contribution in [3.8, 4) is 0 Å². The minimum absolute atomic E-state index is 0.0179. The predicted molar refractivity (Wildman–Crippen MR) is 67.6 cm³/mol. The zero-order chi connectivity index (χ0) is 13.8. The predicted octanol–water partition coefficient (Wildman–Crippen LogP) is 0.681. The molecule has 19 heavy (non-hydrogen) atoms. The first-order valence-electron chi connectivity index (χ1n) is 5.46. The van der Waals surface area contributed by atoms with Crippen LogP contribution in [0.2, 0.25) is 0 Å². The molecule has 0 saturated heterocycles. The topological polar surface area (TPSA) is 118 Å². The number of benzene rings is 1. The quantitative estimate of drug-likeness (QED) is 0.458. The molecule has 1 unspecified atom stereocenters. The molecule has 7 heteroatoms. The van der Waals surface area contributed by atoms with Crippen molar-refractivity contribution in [2.45, 2.75) is 6.04 Å².